The lowest BCUT2D eigenvalue weighted by molar-refractivity contribution is 0.254. The summed E-state index contributed by atoms with van der Waals surface area (Å²) >= 11 is 6.23. The number of alkyl halides is 1. The van der Waals surface area contributed by atoms with Gasteiger partial charge < -0.3 is 4.74 Å². The normalized spacial score (nSPS) is 18.2. The summed E-state index contributed by atoms with van der Waals surface area (Å²) < 4.78 is 45.7. The minimum Gasteiger partial charge on any atom is -0.490 e. The van der Waals surface area contributed by atoms with E-state index in [9.17, 15) is 13.2 Å². The lowest BCUT2D eigenvalue weighted by Gasteiger charge is -2.13. The van der Waals surface area contributed by atoms with Crippen LogP contribution in [0, 0.1) is 17.5 Å². The van der Waals surface area contributed by atoms with Crippen molar-refractivity contribution in [2.24, 2.45) is 0 Å². The smallest absolute Gasteiger partial charge is 0.194 e. The van der Waals surface area contributed by atoms with E-state index in [-0.39, 0.29) is 11.7 Å². The van der Waals surface area contributed by atoms with Crippen molar-refractivity contribution in [1.29, 1.82) is 0 Å². The Kier molecular flexibility index (Phi) is 3.57. The van der Waals surface area contributed by atoms with Gasteiger partial charge in [0.1, 0.15) is 11.9 Å². The quantitative estimate of drug-likeness (QED) is 0.574. The summed E-state index contributed by atoms with van der Waals surface area (Å²) in [6.07, 6.45) is 0.830. The monoisotopic (exact) mass is 312 g/mol. The van der Waals surface area contributed by atoms with Crippen LogP contribution in [0.15, 0.2) is 30.3 Å². The summed E-state index contributed by atoms with van der Waals surface area (Å²) in [5.74, 6) is -3.20. The highest BCUT2D eigenvalue weighted by Crippen LogP contribution is 2.36. The Bertz CT molecular complexity index is 702. The summed E-state index contributed by atoms with van der Waals surface area (Å²) in [7, 11) is 0. The molecule has 110 valence electrons. The van der Waals surface area contributed by atoms with Gasteiger partial charge in [0.2, 0.25) is 0 Å². The van der Waals surface area contributed by atoms with Gasteiger partial charge in [-0.1, -0.05) is 18.2 Å². The van der Waals surface area contributed by atoms with E-state index in [1.54, 1.807) is 12.1 Å². The third-order valence-corrected chi connectivity index (χ3v) is 4.04. The number of ether oxygens (including phenoxy) is 1. The standard InChI is InChI=1S/C16H12ClF3O/c1-8-6-10-7-9(2-5-13(10)21-8)14(17)11-3-4-12(18)16(20)15(11)19/h2-5,7-8,14H,6H2,1H3. The molecule has 3 rings (SSSR count). The zero-order valence-electron chi connectivity index (χ0n) is 11.2. The molecule has 5 heteroatoms. The molecule has 0 saturated heterocycles. The molecule has 0 bridgehead atoms. The predicted octanol–water partition coefficient (Wildman–Crippen LogP) is 4.76. The minimum atomic E-state index is -1.50. The average Bonchev–Trinajstić information content (AvgIpc) is 2.83. The third-order valence-electron chi connectivity index (χ3n) is 3.55. The first-order chi connectivity index (χ1) is 9.97. The molecule has 0 fully saturated rings. The second-order valence-electron chi connectivity index (χ2n) is 5.13. The van der Waals surface area contributed by atoms with Crippen molar-refractivity contribution in [3.8, 4) is 5.75 Å². The Morgan fingerprint density at radius 2 is 1.90 bits per heavy atom. The van der Waals surface area contributed by atoms with Crippen LogP contribution in [-0.2, 0) is 6.42 Å². The Morgan fingerprint density at radius 3 is 2.67 bits per heavy atom. The van der Waals surface area contributed by atoms with Crippen LogP contribution in [0.1, 0.15) is 29.0 Å². The second-order valence-corrected chi connectivity index (χ2v) is 5.56. The van der Waals surface area contributed by atoms with Crippen LogP contribution in [0.5, 0.6) is 5.75 Å². The van der Waals surface area contributed by atoms with Gasteiger partial charge in [0.15, 0.2) is 17.5 Å². The van der Waals surface area contributed by atoms with E-state index in [0.29, 0.717) is 5.56 Å². The van der Waals surface area contributed by atoms with Gasteiger partial charge in [-0.15, -0.1) is 11.6 Å². The van der Waals surface area contributed by atoms with Gasteiger partial charge in [-0.2, -0.15) is 0 Å². The number of rotatable bonds is 2. The minimum absolute atomic E-state index is 0.0810. The molecule has 2 aromatic carbocycles. The fourth-order valence-electron chi connectivity index (χ4n) is 2.52. The van der Waals surface area contributed by atoms with Crippen LogP contribution >= 0.6 is 11.6 Å². The van der Waals surface area contributed by atoms with Crippen molar-refractivity contribution >= 4 is 11.6 Å². The molecule has 21 heavy (non-hydrogen) atoms. The van der Waals surface area contributed by atoms with E-state index in [2.05, 4.69) is 0 Å². The van der Waals surface area contributed by atoms with Crippen LogP contribution in [0.2, 0.25) is 0 Å². The van der Waals surface area contributed by atoms with E-state index in [1.807, 2.05) is 13.0 Å². The topological polar surface area (TPSA) is 9.23 Å². The van der Waals surface area contributed by atoms with Crippen molar-refractivity contribution in [3.05, 3.63) is 64.5 Å². The van der Waals surface area contributed by atoms with E-state index in [4.69, 9.17) is 16.3 Å². The van der Waals surface area contributed by atoms with Gasteiger partial charge in [-0.25, -0.2) is 13.2 Å². The van der Waals surface area contributed by atoms with Crippen LogP contribution in [0.4, 0.5) is 13.2 Å². The largest absolute Gasteiger partial charge is 0.490 e. The summed E-state index contributed by atoms with van der Waals surface area (Å²) in [5, 5.41) is -0.888. The Hall–Kier alpha value is -1.68. The zero-order valence-corrected chi connectivity index (χ0v) is 11.9. The van der Waals surface area contributed by atoms with Crippen molar-refractivity contribution in [3.63, 3.8) is 0 Å². The fourth-order valence-corrected chi connectivity index (χ4v) is 2.82. The maximum Gasteiger partial charge on any atom is 0.194 e. The molecule has 0 radical (unpaired) electrons. The summed E-state index contributed by atoms with van der Waals surface area (Å²) in [6, 6.07) is 7.33. The van der Waals surface area contributed by atoms with E-state index < -0.39 is 22.8 Å². The zero-order chi connectivity index (χ0) is 15.1. The lowest BCUT2D eigenvalue weighted by atomic mass is 10.00. The molecule has 0 spiro atoms. The first-order valence-corrected chi connectivity index (χ1v) is 6.98. The molecule has 1 aliphatic rings. The number of hydrogen-bond donors (Lipinski definition) is 0. The fraction of sp³-hybridized carbons (Fsp3) is 0.250. The van der Waals surface area contributed by atoms with Crippen molar-refractivity contribution in [2.75, 3.05) is 0 Å². The van der Waals surface area contributed by atoms with E-state index in [1.165, 1.54) is 0 Å². The van der Waals surface area contributed by atoms with Gasteiger partial charge >= 0.3 is 0 Å². The molecule has 0 aliphatic carbocycles. The van der Waals surface area contributed by atoms with Gasteiger partial charge in [-0.3, -0.25) is 0 Å². The molecular formula is C16H12ClF3O. The van der Waals surface area contributed by atoms with Crippen LogP contribution in [0.3, 0.4) is 0 Å². The van der Waals surface area contributed by atoms with E-state index >= 15 is 0 Å². The Morgan fingerprint density at radius 1 is 1.14 bits per heavy atom. The first-order valence-electron chi connectivity index (χ1n) is 6.54. The molecule has 0 N–H and O–H groups in total. The molecule has 0 aromatic heterocycles. The maximum absolute atomic E-state index is 13.8. The number of fused-ring (bicyclic) bond motifs is 1. The Labute approximate surface area is 125 Å². The molecule has 2 unspecified atom stereocenters. The lowest BCUT2D eigenvalue weighted by Crippen LogP contribution is -2.05. The van der Waals surface area contributed by atoms with E-state index in [0.717, 1.165) is 29.9 Å². The van der Waals surface area contributed by atoms with Gasteiger partial charge in [-0.05, 0) is 30.2 Å². The number of hydrogen-bond acceptors (Lipinski definition) is 1. The molecule has 1 aliphatic heterocycles. The number of benzene rings is 2. The van der Waals surface area contributed by atoms with Gasteiger partial charge in [0.25, 0.3) is 0 Å². The van der Waals surface area contributed by atoms with Gasteiger partial charge in [0.05, 0.1) is 5.38 Å². The highest BCUT2D eigenvalue weighted by Gasteiger charge is 2.24. The number of halogens is 4. The van der Waals surface area contributed by atoms with Crippen LogP contribution in [-0.4, -0.2) is 6.10 Å². The highest BCUT2D eigenvalue weighted by molar-refractivity contribution is 6.22. The molecule has 0 saturated carbocycles. The van der Waals surface area contributed by atoms with Crippen molar-refractivity contribution in [1.82, 2.24) is 0 Å². The summed E-state index contributed by atoms with van der Waals surface area (Å²) in [6.45, 7) is 1.95. The molecule has 1 heterocycles. The molecule has 0 amide bonds. The third kappa shape index (κ3) is 2.48. The first kappa shape index (κ1) is 14.3. The van der Waals surface area contributed by atoms with Crippen LogP contribution < -0.4 is 4.74 Å². The second kappa shape index (κ2) is 5.26. The van der Waals surface area contributed by atoms with Crippen molar-refractivity contribution < 1.29 is 17.9 Å². The molecular weight excluding hydrogens is 301 g/mol. The van der Waals surface area contributed by atoms with Crippen molar-refractivity contribution in [2.45, 2.75) is 24.8 Å². The van der Waals surface area contributed by atoms with Gasteiger partial charge in [0, 0.05) is 12.0 Å². The Balaban J connectivity index is 1.98. The molecule has 2 atom stereocenters. The molecule has 1 nitrogen and oxygen atoms in total. The van der Waals surface area contributed by atoms with Crippen LogP contribution in [0.25, 0.3) is 0 Å². The SMILES string of the molecule is CC1Cc2cc(C(Cl)c3ccc(F)c(F)c3F)ccc2O1. The summed E-state index contributed by atoms with van der Waals surface area (Å²) in [5.41, 5.74) is 1.52. The molecule has 2 aromatic rings. The summed E-state index contributed by atoms with van der Waals surface area (Å²) in [4.78, 5) is 0. The average molecular weight is 313 g/mol. The maximum atomic E-state index is 13.8. The predicted molar refractivity (Wildman–Crippen MR) is 74.2 cm³/mol. The highest BCUT2D eigenvalue weighted by atomic mass is 35.5.